The Morgan fingerprint density at radius 3 is 2.80 bits per heavy atom. The number of fused-ring (bicyclic) bond motifs is 1. The van der Waals surface area contributed by atoms with Crippen molar-refractivity contribution in [2.45, 2.75) is 13.0 Å². The zero-order valence-corrected chi connectivity index (χ0v) is 11.3. The minimum atomic E-state index is -0.168. The van der Waals surface area contributed by atoms with Crippen molar-refractivity contribution in [1.82, 2.24) is 10.2 Å². The normalized spacial score (nSPS) is 18.4. The third kappa shape index (κ3) is 2.25. The first kappa shape index (κ1) is 12.7. The minimum Gasteiger partial charge on any atom is -0.329 e. The van der Waals surface area contributed by atoms with Crippen molar-refractivity contribution < 1.29 is 9.59 Å². The molecule has 102 valence electrons. The fraction of sp³-hybridized carbons (Fsp3) is 0.250. The third-order valence-corrected chi connectivity index (χ3v) is 3.60. The van der Waals surface area contributed by atoms with Crippen molar-refractivity contribution in [2.75, 3.05) is 13.1 Å². The van der Waals surface area contributed by atoms with Crippen LogP contribution in [0.3, 0.4) is 0 Å². The van der Waals surface area contributed by atoms with Gasteiger partial charge < -0.3 is 10.2 Å². The number of hydrogen-bond donors (Lipinski definition) is 1. The highest BCUT2D eigenvalue weighted by Crippen LogP contribution is 2.27. The molecule has 2 aromatic rings. The Kier molecular flexibility index (Phi) is 3.14. The molecule has 0 aliphatic carbocycles. The van der Waals surface area contributed by atoms with E-state index in [0.29, 0.717) is 6.54 Å². The summed E-state index contributed by atoms with van der Waals surface area (Å²) in [6.07, 6.45) is 0. The molecule has 0 bridgehead atoms. The van der Waals surface area contributed by atoms with Gasteiger partial charge in [-0.15, -0.1) is 0 Å². The number of carbonyl (C=O) groups excluding carboxylic acids is 2. The first-order valence-electron chi connectivity index (χ1n) is 6.67. The Morgan fingerprint density at radius 2 is 2.00 bits per heavy atom. The molecule has 4 heteroatoms. The number of Topliss-reactive ketones (excluding diaryl/α,β-unsaturated/α-hetero) is 1. The van der Waals surface area contributed by atoms with E-state index in [2.05, 4.69) is 23.5 Å². The van der Waals surface area contributed by atoms with Gasteiger partial charge in [0.1, 0.15) is 5.78 Å². The first-order chi connectivity index (χ1) is 9.65. The van der Waals surface area contributed by atoms with E-state index < -0.39 is 0 Å². The molecule has 3 rings (SSSR count). The molecule has 1 aliphatic rings. The van der Waals surface area contributed by atoms with Crippen LogP contribution in [0.15, 0.2) is 42.5 Å². The number of hydrogen-bond acceptors (Lipinski definition) is 2. The van der Waals surface area contributed by atoms with Crippen LogP contribution < -0.4 is 5.32 Å². The van der Waals surface area contributed by atoms with Crippen LogP contribution >= 0.6 is 0 Å². The summed E-state index contributed by atoms with van der Waals surface area (Å²) in [5.74, 6) is -0.00119. The van der Waals surface area contributed by atoms with Gasteiger partial charge in [-0.25, -0.2) is 4.79 Å². The lowest BCUT2D eigenvalue weighted by molar-refractivity contribution is -0.117. The van der Waals surface area contributed by atoms with Crippen LogP contribution in [0.1, 0.15) is 18.5 Å². The van der Waals surface area contributed by atoms with Gasteiger partial charge in [0.15, 0.2) is 0 Å². The molecule has 1 aliphatic heterocycles. The molecule has 2 amide bonds. The van der Waals surface area contributed by atoms with Gasteiger partial charge >= 0.3 is 6.03 Å². The number of nitrogens with zero attached hydrogens (tertiary/aromatic N) is 1. The van der Waals surface area contributed by atoms with E-state index in [1.165, 1.54) is 6.92 Å². The number of urea groups is 1. The van der Waals surface area contributed by atoms with Gasteiger partial charge in [-0.3, -0.25) is 4.79 Å². The lowest BCUT2D eigenvalue weighted by Crippen LogP contribution is -2.32. The Bertz CT molecular complexity index is 676. The second-order valence-electron chi connectivity index (χ2n) is 5.15. The summed E-state index contributed by atoms with van der Waals surface area (Å²) in [5.41, 5.74) is 1.10. The number of amides is 2. The summed E-state index contributed by atoms with van der Waals surface area (Å²) in [6.45, 7) is 2.21. The van der Waals surface area contributed by atoms with Crippen molar-refractivity contribution in [2.24, 2.45) is 0 Å². The molecular formula is C16H16N2O2. The average molecular weight is 268 g/mol. The molecule has 1 atom stereocenters. The monoisotopic (exact) mass is 268 g/mol. The van der Waals surface area contributed by atoms with Crippen molar-refractivity contribution in [3.05, 3.63) is 48.0 Å². The fourth-order valence-electron chi connectivity index (χ4n) is 2.72. The van der Waals surface area contributed by atoms with Crippen LogP contribution in [0, 0.1) is 0 Å². The SMILES string of the molecule is CC(=O)CN1CC(c2cccc3ccccc23)NC1=O. The van der Waals surface area contributed by atoms with Gasteiger partial charge in [-0.05, 0) is 23.3 Å². The van der Waals surface area contributed by atoms with Gasteiger partial charge in [0.2, 0.25) is 0 Å². The standard InChI is InChI=1S/C16H16N2O2/c1-11(19)9-18-10-15(17-16(18)20)14-8-4-6-12-5-2-3-7-13(12)14/h2-8,15H,9-10H2,1H3,(H,17,20). The highest BCUT2D eigenvalue weighted by molar-refractivity contribution is 5.89. The van der Waals surface area contributed by atoms with Gasteiger partial charge in [0.25, 0.3) is 0 Å². The van der Waals surface area contributed by atoms with Crippen molar-refractivity contribution >= 4 is 22.6 Å². The zero-order valence-electron chi connectivity index (χ0n) is 11.3. The maximum Gasteiger partial charge on any atom is 0.318 e. The van der Waals surface area contributed by atoms with Crippen LogP contribution in [0.5, 0.6) is 0 Å². The smallest absolute Gasteiger partial charge is 0.318 e. The van der Waals surface area contributed by atoms with Crippen LogP contribution in [-0.4, -0.2) is 29.8 Å². The molecule has 0 radical (unpaired) electrons. The van der Waals surface area contributed by atoms with Crippen LogP contribution in [-0.2, 0) is 4.79 Å². The molecule has 1 saturated heterocycles. The van der Waals surface area contributed by atoms with E-state index in [0.717, 1.165) is 16.3 Å². The maximum absolute atomic E-state index is 11.9. The maximum atomic E-state index is 11.9. The summed E-state index contributed by atoms with van der Waals surface area (Å²) in [5, 5.41) is 5.25. The minimum absolute atomic E-state index is 0.00119. The van der Waals surface area contributed by atoms with Crippen molar-refractivity contribution in [3.8, 4) is 0 Å². The van der Waals surface area contributed by atoms with Gasteiger partial charge in [-0.2, -0.15) is 0 Å². The number of nitrogens with one attached hydrogen (secondary N) is 1. The van der Waals surface area contributed by atoms with E-state index in [9.17, 15) is 9.59 Å². The second-order valence-corrected chi connectivity index (χ2v) is 5.15. The summed E-state index contributed by atoms with van der Waals surface area (Å²) in [6, 6.07) is 14.0. The predicted molar refractivity (Wildman–Crippen MR) is 77.5 cm³/mol. The van der Waals surface area contributed by atoms with Gasteiger partial charge in [0.05, 0.1) is 12.6 Å². The number of ketones is 1. The van der Waals surface area contributed by atoms with Crippen molar-refractivity contribution in [3.63, 3.8) is 0 Å². The zero-order chi connectivity index (χ0) is 14.1. The second kappa shape index (κ2) is 4.96. The van der Waals surface area contributed by atoms with E-state index in [1.807, 2.05) is 24.3 Å². The number of benzene rings is 2. The average Bonchev–Trinajstić information content (AvgIpc) is 2.78. The lowest BCUT2D eigenvalue weighted by Gasteiger charge is -2.14. The van der Waals surface area contributed by atoms with Crippen molar-refractivity contribution in [1.29, 1.82) is 0 Å². The predicted octanol–water partition coefficient (Wildman–Crippen LogP) is 2.50. The molecule has 1 N–H and O–H groups in total. The van der Waals surface area contributed by atoms with Crippen LogP contribution in [0.2, 0.25) is 0 Å². The summed E-state index contributed by atoms with van der Waals surface area (Å²) in [7, 11) is 0. The summed E-state index contributed by atoms with van der Waals surface area (Å²) >= 11 is 0. The lowest BCUT2D eigenvalue weighted by atomic mass is 9.99. The Balaban J connectivity index is 1.93. The first-order valence-corrected chi connectivity index (χ1v) is 6.67. The van der Waals surface area contributed by atoms with Crippen LogP contribution in [0.4, 0.5) is 4.79 Å². The molecule has 0 aromatic heterocycles. The molecule has 1 fully saturated rings. The summed E-state index contributed by atoms with van der Waals surface area (Å²) in [4.78, 5) is 24.6. The number of carbonyl (C=O) groups is 2. The van der Waals surface area contributed by atoms with Gasteiger partial charge in [0, 0.05) is 6.54 Å². The largest absolute Gasteiger partial charge is 0.329 e. The Labute approximate surface area is 117 Å². The summed E-state index contributed by atoms with van der Waals surface area (Å²) < 4.78 is 0. The molecule has 1 unspecified atom stereocenters. The van der Waals surface area contributed by atoms with E-state index >= 15 is 0 Å². The fourth-order valence-corrected chi connectivity index (χ4v) is 2.72. The molecule has 2 aromatic carbocycles. The molecule has 0 saturated carbocycles. The Morgan fingerprint density at radius 1 is 1.25 bits per heavy atom. The third-order valence-electron chi connectivity index (χ3n) is 3.60. The Hall–Kier alpha value is -2.36. The quantitative estimate of drug-likeness (QED) is 0.929. The van der Waals surface area contributed by atoms with Crippen LogP contribution in [0.25, 0.3) is 10.8 Å². The highest BCUT2D eigenvalue weighted by atomic mass is 16.2. The van der Waals surface area contributed by atoms with E-state index in [-0.39, 0.29) is 24.4 Å². The molecule has 1 heterocycles. The highest BCUT2D eigenvalue weighted by Gasteiger charge is 2.30. The number of rotatable bonds is 3. The molecule has 20 heavy (non-hydrogen) atoms. The molecular weight excluding hydrogens is 252 g/mol. The topological polar surface area (TPSA) is 49.4 Å². The van der Waals surface area contributed by atoms with E-state index in [4.69, 9.17) is 0 Å². The molecule has 4 nitrogen and oxygen atoms in total. The van der Waals surface area contributed by atoms with E-state index in [1.54, 1.807) is 4.90 Å². The molecule has 0 spiro atoms. The van der Waals surface area contributed by atoms with Gasteiger partial charge in [-0.1, -0.05) is 42.5 Å².